The summed E-state index contributed by atoms with van der Waals surface area (Å²) in [5.41, 5.74) is 8.31. The van der Waals surface area contributed by atoms with Gasteiger partial charge in [0.2, 0.25) is 0 Å². The molecule has 0 fully saturated rings. The molecule has 134 valence electrons. The average Bonchev–Trinajstić information content (AvgIpc) is 3.30. The maximum atomic E-state index is 8.99. The van der Waals surface area contributed by atoms with Gasteiger partial charge in [0.05, 0.1) is 43.5 Å². The largest absolute Gasteiger partial charge is 0.394 e. The number of hydrogen-bond acceptors (Lipinski definition) is 9. The zero-order valence-corrected chi connectivity index (χ0v) is 14.0. The van der Waals surface area contributed by atoms with Crippen LogP contribution in [0.15, 0.2) is 41.0 Å². The summed E-state index contributed by atoms with van der Waals surface area (Å²) in [6, 6.07) is 0. The first-order valence-corrected chi connectivity index (χ1v) is 8.28. The summed E-state index contributed by atoms with van der Waals surface area (Å²) >= 11 is 0. The molecule has 0 radical (unpaired) electrons. The fraction of sp³-hybridized carbons (Fsp3) is 0.312. The summed E-state index contributed by atoms with van der Waals surface area (Å²) in [7, 11) is 0. The Labute approximate surface area is 149 Å². The minimum Gasteiger partial charge on any atom is -0.394 e. The van der Waals surface area contributed by atoms with E-state index < -0.39 is 0 Å². The number of nitrogens with one attached hydrogen (secondary N) is 1. The number of hydrazone groups is 1. The van der Waals surface area contributed by atoms with Gasteiger partial charge >= 0.3 is 0 Å². The van der Waals surface area contributed by atoms with Crippen molar-refractivity contribution in [2.45, 2.75) is 19.1 Å². The molecule has 2 aromatic rings. The van der Waals surface area contributed by atoms with Crippen LogP contribution in [0, 0.1) is 0 Å². The van der Waals surface area contributed by atoms with Crippen LogP contribution in [-0.4, -0.2) is 61.1 Å². The second-order valence-electron chi connectivity index (χ2n) is 5.89. The van der Waals surface area contributed by atoms with Crippen LogP contribution in [0.2, 0.25) is 0 Å². The number of aromatic nitrogens is 4. The topological polar surface area (TPSA) is 130 Å². The minimum atomic E-state index is 0.0282. The predicted octanol–water partition coefficient (Wildman–Crippen LogP) is 0.312. The maximum absolute atomic E-state index is 8.99. The van der Waals surface area contributed by atoms with Gasteiger partial charge in [0.25, 0.3) is 0 Å². The second-order valence-corrected chi connectivity index (χ2v) is 5.89. The lowest BCUT2D eigenvalue weighted by Gasteiger charge is -2.21. The van der Waals surface area contributed by atoms with E-state index in [9.17, 15) is 0 Å². The molecule has 10 heteroatoms. The van der Waals surface area contributed by atoms with E-state index in [4.69, 9.17) is 10.8 Å². The molecule has 0 saturated heterocycles. The van der Waals surface area contributed by atoms with Gasteiger partial charge in [-0.25, -0.2) is 15.0 Å². The number of nitrogen functional groups attached to an aromatic ring is 1. The summed E-state index contributed by atoms with van der Waals surface area (Å²) in [6.45, 7) is 0.953. The van der Waals surface area contributed by atoms with Crippen LogP contribution in [0.4, 0.5) is 11.6 Å². The highest BCUT2D eigenvalue weighted by atomic mass is 16.3. The lowest BCUT2D eigenvalue weighted by atomic mass is 10.2. The van der Waals surface area contributed by atoms with E-state index in [1.54, 1.807) is 17.1 Å². The number of anilines is 2. The molecule has 0 saturated carbocycles. The normalized spacial score (nSPS) is 18.1. The fourth-order valence-corrected chi connectivity index (χ4v) is 2.73. The van der Waals surface area contributed by atoms with E-state index in [1.807, 2.05) is 29.7 Å². The number of nitrogens with two attached hydrogens (primary N) is 1. The van der Waals surface area contributed by atoms with Crippen molar-refractivity contribution in [1.82, 2.24) is 24.8 Å². The first-order valence-electron chi connectivity index (χ1n) is 8.28. The Morgan fingerprint density at radius 2 is 2.27 bits per heavy atom. The fourth-order valence-electron chi connectivity index (χ4n) is 2.73. The summed E-state index contributed by atoms with van der Waals surface area (Å²) in [5, 5.41) is 22.4. The highest BCUT2D eigenvalue weighted by Gasteiger charge is 2.21. The van der Waals surface area contributed by atoms with Gasteiger partial charge in [-0.2, -0.15) is 10.2 Å². The standard InChI is InChI=1S/C16H19N9O/c17-15-16(19-8-12-2-4-25-14(22-12)1-3-20-25)23-13(9-18-15)11-7-21-24(10-11)5-6-26/h2-4,7,9-10,14,26H,1,5-6,8H2,(H2,17,18)(H,19,23). The SMILES string of the molecule is Nc1ncc(-c2cnn(CCO)c2)nc1NCC1=NC2CC=NN2C=C1. The molecule has 26 heavy (non-hydrogen) atoms. The number of rotatable bonds is 6. The van der Waals surface area contributed by atoms with Gasteiger partial charge in [0.1, 0.15) is 6.17 Å². The lowest BCUT2D eigenvalue weighted by Crippen LogP contribution is -2.27. The van der Waals surface area contributed by atoms with E-state index in [2.05, 4.69) is 30.5 Å². The number of aliphatic hydroxyl groups excluding tert-OH is 1. The molecule has 4 N–H and O–H groups in total. The Balaban J connectivity index is 1.47. The van der Waals surface area contributed by atoms with E-state index in [-0.39, 0.29) is 12.8 Å². The first-order chi connectivity index (χ1) is 12.7. The zero-order chi connectivity index (χ0) is 17.9. The highest BCUT2D eigenvalue weighted by molar-refractivity contribution is 5.99. The van der Waals surface area contributed by atoms with Crippen LogP contribution in [0.25, 0.3) is 11.3 Å². The van der Waals surface area contributed by atoms with Crippen molar-refractivity contribution < 1.29 is 5.11 Å². The number of aliphatic imine (C=N–C) groups is 1. The van der Waals surface area contributed by atoms with Crippen LogP contribution in [0.3, 0.4) is 0 Å². The van der Waals surface area contributed by atoms with Gasteiger partial charge in [0.15, 0.2) is 11.6 Å². The monoisotopic (exact) mass is 353 g/mol. The van der Waals surface area contributed by atoms with Crippen molar-refractivity contribution in [3.63, 3.8) is 0 Å². The van der Waals surface area contributed by atoms with Gasteiger partial charge in [-0.15, -0.1) is 0 Å². The predicted molar refractivity (Wildman–Crippen MR) is 98.6 cm³/mol. The molecule has 10 nitrogen and oxygen atoms in total. The number of hydrogen-bond donors (Lipinski definition) is 3. The van der Waals surface area contributed by atoms with Gasteiger partial charge in [-0.3, -0.25) is 9.67 Å². The molecule has 0 aliphatic carbocycles. The van der Waals surface area contributed by atoms with Gasteiger partial charge in [-0.1, -0.05) is 0 Å². The third-order valence-electron chi connectivity index (χ3n) is 4.07. The van der Waals surface area contributed by atoms with Crippen molar-refractivity contribution in [2.24, 2.45) is 10.1 Å². The number of nitrogens with zero attached hydrogens (tertiary/aromatic N) is 7. The van der Waals surface area contributed by atoms with Crippen molar-refractivity contribution >= 4 is 23.6 Å². The van der Waals surface area contributed by atoms with E-state index in [0.29, 0.717) is 30.4 Å². The molecule has 2 aliphatic rings. The molecule has 0 aromatic carbocycles. The van der Waals surface area contributed by atoms with E-state index in [1.165, 1.54) is 0 Å². The van der Waals surface area contributed by atoms with E-state index in [0.717, 1.165) is 17.7 Å². The van der Waals surface area contributed by atoms with Gasteiger partial charge in [0, 0.05) is 30.6 Å². The van der Waals surface area contributed by atoms with Crippen LogP contribution in [0.5, 0.6) is 0 Å². The maximum Gasteiger partial charge on any atom is 0.169 e. The Morgan fingerprint density at radius 1 is 1.35 bits per heavy atom. The van der Waals surface area contributed by atoms with Crippen molar-refractivity contribution in [2.75, 3.05) is 24.2 Å². The highest BCUT2D eigenvalue weighted by Crippen LogP contribution is 2.21. The molecule has 0 bridgehead atoms. The summed E-state index contributed by atoms with van der Waals surface area (Å²) < 4.78 is 1.65. The average molecular weight is 353 g/mol. The minimum absolute atomic E-state index is 0.0282. The smallest absolute Gasteiger partial charge is 0.169 e. The summed E-state index contributed by atoms with van der Waals surface area (Å²) in [4.78, 5) is 13.4. The van der Waals surface area contributed by atoms with Crippen LogP contribution >= 0.6 is 0 Å². The Hall–Kier alpha value is -3.27. The van der Waals surface area contributed by atoms with Crippen LogP contribution in [0.1, 0.15) is 6.42 Å². The molecule has 4 rings (SSSR count). The molecule has 0 spiro atoms. The van der Waals surface area contributed by atoms with Crippen molar-refractivity contribution in [3.8, 4) is 11.3 Å². The third-order valence-corrected chi connectivity index (χ3v) is 4.07. The van der Waals surface area contributed by atoms with Crippen molar-refractivity contribution in [1.29, 1.82) is 0 Å². The molecule has 4 heterocycles. The molecular weight excluding hydrogens is 334 g/mol. The van der Waals surface area contributed by atoms with Crippen LogP contribution in [-0.2, 0) is 6.54 Å². The van der Waals surface area contributed by atoms with E-state index >= 15 is 0 Å². The van der Waals surface area contributed by atoms with Crippen LogP contribution < -0.4 is 11.1 Å². The third kappa shape index (κ3) is 3.26. The molecule has 1 unspecified atom stereocenters. The zero-order valence-electron chi connectivity index (χ0n) is 14.0. The quantitative estimate of drug-likeness (QED) is 0.681. The molecule has 2 aliphatic heterocycles. The number of aliphatic hydroxyl groups is 1. The second kappa shape index (κ2) is 6.92. The summed E-state index contributed by atoms with van der Waals surface area (Å²) in [5.74, 6) is 0.821. The first kappa shape index (κ1) is 16.2. The Bertz CT molecular complexity index is 886. The van der Waals surface area contributed by atoms with Crippen molar-refractivity contribution in [3.05, 3.63) is 30.9 Å². The summed E-state index contributed by atoms with van der Waals surface area (Å²) in [6.07, 6.45) is 11.6. The Morgan fingerprint density at radius 3 is 3.15 bits per heavy atom. The molecular formula is C16H19N9O. The molecule has 0 amide bonds. The van der Waals surface area contributed by atoms with Gasteiger partial charge in [-0.05, 0) is 6.08 Å². The van der Waals surface area contributed by atoms with Gasteiger partial charge < -0.3 is 16.2 Å². The number of fused-ring (bicyclic) bond motifs is 1. The molecule has 1 atom stereocenters. The lowest BCUT2D eigenvalue weighted by molar-refractivity contribution is 0.269. The molecule has 2 aromatic heterocycles. The Kier molecular flexibility index (Phi) is 4.32.